The van der Waals surface area contributed by atoms with Gasteiger partial charge < -0.3 is 10.2 Å². The lowest BCUT2D eigenvalue weighted by Gasteiger charge is -2.47. The molecule has 11 heteroatoms. The Hall–Kier alpha value is -3.66. The third-order valence-electron chi connectivity index (χ3n) is 8.56. The molecule has 2 N–H and O–H groups in total. The highest BCUT2D eigenvalue weighted by molar-refractivity contribution is 6.47. The summed E-state index contributed by atoms with van der Waals surface area (Å²) >= 11 is 6.19. The van der Waals surface area contributed by atoms with Crippen LogP contribution in [0.1, 0.15) is 99.6 Å². The molecule has 1 aromatic heterocycles. The van der Waals surface area contributed by atoms with E-state index in [4.69, 9.17) is 16.6 Å². The molecule has 1 fully saturated rings. The quantitative estimate of drug-likeness (QED) is 0.331. The average Bonchev–Trinajstić information content (AvgIpc) is 3.56. The fourth-order valence-corrected chi connectivity index (χ4v) is 6.54. The molecule has 2 aliphatic rings. The minimum atomic E-state index is -0.729. The maximum Gasteiger partial charge on any atom is 0.275 e. The van der Waals surface area contributed by atoms with Gasteiger partial charge in [0.05, 0.1) is 12.6 Å². The number of carbonyl (C=O) groups is 2. The highest BCUT2D eigenvalue weighted by Gasteiger charge is 2.52. The van der Waals surface area contributed by atoms with Gasteiger partial charge in [0.1, 0.15) is 17.2 Å². The second-order valence-electron chi connectivity index (χ2n) is 12.4. The average molecular weight is 594 g/mol. The number of aromatic amines is 1. The van der Waals surface area contributed by atoms with E-state index in [1.807, 2.05) is 17.0 Å². The van der Waals surface area contributed by atoms with E-state index in [-0.39, 0.29) is 40.6 Å². The van der Waals surface area contributed by atoms with E-state index in [0.29, 0.717) is 29.3 Å². The van der Waals surface area contributed by atoms with Gasteiger partial charge in [0, 0.05) is 16.1 Å². The van der Waals surface area contributed by atoms with Crippen molar-refractivity contribution in [3.05, 3.63) is 75.8 Å². The van der Waals surface area contributed by atoms with Crippen molar-refractivity contribution in [1.82, 2.24) is 30.8 Å². The van der Waals surface area contributed by atoms with Crippen molar-refractivity contribution >= 4 is 29.1 Å². The maximum atomic E-state index is 14.4. The maximum absolute atomic E-state index is 14.4. The van der Waals surface area contributed by atoms with E-state index in [0.717, 1.165) is 37.7 Å². The van der Waals surface area contributed by atoms with Gasteiger partial charge in [0.2, 0.25) is 0 Å². The molecule has 2 amide bonds. The van der Waals surface area contributed by atoms with Gasteiger partial charge in [-0.05, 0) is 79.3 Å². The van der Waals surface area contributed by atoms with Crippen molar-refractivity contribution in [2.24, 2.45) is 16.3 Å². The van der Waals surface area contributed by atoms with Crippen molar-refractivity contribution in [2.75, 3.05) is 0 Å². The van der Waals surface area contributed by atoms with Crippen LogP contribution in [0.5, 0.6) is 0 Å². The number of rotatable bonds is 8. The first-order valence-corrected chi connectivity index (χ1v) is 14.9. The summed E-state index contributed by atoms with van der Waals surface area (Å²) in [6, 6.07) is 11.2. The number of halogens is 2. The van der Waals surface area contributed by atoms with Crippen LogP contribution in [0.4, 0.5) is 4.39 Å². The van der Waals surface area contributed by atoms with Crippen LogP contribution in [-0.4, -0.2) is 48.7 Å². The topological polar surface area (TPSA) is 116 Å². The molecule has 2 heterocycles. The molecule has 222 valence electrons. The molecule has 1 aliphatic carbocycles. The molecule has 5 rings (SSSR count). The van der Waals surface area contributed by atoms with Crippen LogP contribution in [-0.2, 0) is 11.3 Å². The monoisotopic (exact) mass is 593 g/mol. The molecule has 0 bridgehead atoms. The van der Waals surface area contributed by atoms with E-state index >= 15 is 0 Å². The van der Waals surface area contributed by atoms with E-state index < -0.39 is 11.5 Å². The Balaban J connectivity index is 1.47. The summed E-state index contributed by atoms with van der Waals surface area (Å²) in [7, 11) is 0. The fraction of sp³-hybridized carbons (Fsp3) is 0.484. The number of amides is 2. The number of aromatic nitrogens is 4. The molecule has 42 heavy (non-hydrogen) atoms. The van der Waals surface area contributed by atoms with Crippen molar-refractivity contribution in [3.63, 3.8) is 0 Å². The number of H-pyrrole nitrogens is 1. The van der Waals surface area contributed by atoms with Crippen LogP contribution in [0.15, 0.2) is 47.5 Å². The summed E-state index contributed by atoms with van der Waals surface area (Å²) in [5, 5.41) is 16.6. The third-order valence-corrected chi connectivity index (χ3v) is 8.78. The lowest BCUT2D eigenvalue weighted by Crippen LogP contribution is -2.51. The summed E-state index contributed by atoms with van der Waals surface area (Å²) in [6.45, 7) is 9.02. The number of tetrazole rings is 1. The second-order valence-corrected chi connectivity index (χ2v) is 12.8. The summed E-state index contributed by atoms with van der Waals surface area (Å²) in [6.07, 6.45) is 4.88. The standard InChI is InChI=1S/C31H37ClFN7O2/c1-5-6-25(19-7-9-20(10-8-19)28(41)34-18-26-36-38-39-37-26)40-29(42)27(21-15-23(32)17-24(33)16-21)35-31(40)13-11-22(12-14-31)30(2,3)4/h7-10,15-17,22,25H,5-6,11-14,18H2,1-4H3,(H,34,41)(H,36,37,38,39)/t22?,25-,31?/m1/s1. The van der Waals surface area contributed by atoms with Crippen LogP contribution < -0.4 is 5.32 Å². The number of nitrogens with zero attached hydrogens (tertiary/aromatic N) is 5. The first-order chi connectivity index (χ1) is 20.0. The van der Waals surface area contributed by atoms with Gasteiger partial charge in [-0.25, -0.2) is 4.39 Å². The number of hydrogen-bond donors (Lipinski definition) is 2. The number of aliphatic imine (C=N–C) groups is 1. The minimum Gasteiger partial charge on any atom is -0.345 e. The van der Waals surface area contributed by atoms with Crippen LogP contribution in [0, 0.1) is 17.2 Å². The SMILES string of the molecule is CCC[C@H](c1ccc(C(=O)NCc2nn[nH]n2)cc1)N1C(=O)C(c2cc(F)cc(Cl)c2)=NC12CCC(C(C)(C)C)CC2. The van der Waals surface area contributed by atoms with E-state index in [2.05, 4.69) is 53.6 Å². The van der Waals surface area contributed by atoms with Crippen LogP contribution in [0.25, 0.3) is 0 Å². The molecule has 9 nitrogen and oxygen atoms in total. The zero-order chi connectivity index (χ0) is 30.1. The zero-order valence-electron chi connectivity index (χ0n) is 24.5. The van der Waals surface area contributed by atoms with Crippen molar-refractivity contribution in [3.8, 4) is 0 Å². The molecular weight excluding hydrogens is 557 g/mol. The number of carbonyl (C=O) groups excluding carboxylic acids is 2. The van der Waals surface area contributed by atoms with Crippen LogP contribution in [0.2, 0.25) is 5.02 Å². The number of nitrogens with one attached hydrogen (secondary N) is 2. The third kappa shape index (κ3) is 6.09. The number of benzene rings is 2. The predicted molar refractivity (Wildman–Crippen MR) is 158 cm³/mol. The van der Waals surface area contributed by atoms with E-state index in [1.54, 1.807) is 18.2 Å². The lowest BCUT2D eigenvalue weighted by molar-refractivity contribution is -0.133. The van der Waals surface area contributed by atoms with E-state index in [1.165, 1.54) is 12.1 Å². The van der Waals surface area contributed by atoms with Crippen LogP contribution in [0.3, 0.4) is 0 Å². The van der Waals surface area contributed by atoms with Gasteiger partial charge in [-0.2, -0.15) is 5.21 Å². The summed E-state index contributed by atoms with van der Waals surface area (Å²) in [5.74, 6) is -0.0853. The van der Waals surface area contributed by atoms with Crippen molar-refractivity contribution in [1.29, 1.82) is 0 Å². The van der Waals surface area contributed by atoms with Crippen molar-refractivity contribution < 1.29 is 14.0 Å². The van der Waals surface area contributed by atoms with Gasteiger partial charge in [0.15, 0.2) is 5.82 Å². The van der Waals surface area contributed by atoms with Gasteiger partial charge in [-0.3, -0.25) is 14.6 Å². The Morgan fingerprint density at radius 2 is 1.90 bits per heavy atom. The Morgan fingerprint density at radius 1 is 1.19 bits per heavy atom. The molecule has 1 saturated carbocycles. The predicted octanol–water partition coefficient (Wildman–Crippen LogP) is 6.03. The summed E-state index contributed by atoms with van der Waals surface area (Å²) < 4.78 is 14.4. The smallest absolute Gasteiger partial charge is 0.275 e. The molecule has 0 radical (unpaired) electrons. The van der Waals surface area contributed by atoms with Crippen LogP contribution >= 0.6 is 11.6 Å². The highest BCUT2D eigenvalue weighted by atomic mass is 35.5. The largest absolute Gasteiger partial charge is 0.345 e. The Bertz CT molecular complexity index is 1440. The van der Waals surface area contributed by atoms with Gasteiger partial charge >= 0.3 is 0 Å². The summed E-state index contributed by atoms with van der Waals surface area (Å²) in [5.41, 5.74) is 1.48. The number of hydrogen-bond acceptors (Lipinski definition) is 6. The Morgan fingerprint density at radius 3 is 2.50 bits per heavy atom. The van der Waals surface area contributed by atoms with Gasteiger partial charge in [0.25, 0.3) is 11.8 Å². The zero-order valence-corrected chi connectivity index (χ0v) is 25.2. The Labute approximate surface area is 250 Å². The first kappa shape index (κ1) is 29.8. The molecule has 1 atom stereocenters. The molecule has 0 unspecified atom stereocenters. The molecule has 1 aliphatic heterocycles. The van der Waals surface area contributed by atoms with Gasteiger partial charge in [-0.1, -0.05) is 63.1 Å². The van der Waals surface area contributed by atoms with Crippen molar-refractivity contribution in [2.45, 2.75) is 84.5 Å². The molecule has 0 saturated heterocycles. The Kier molecular flexibility index (Phi) is 8.46. The fourth-order valence-electron chi connectivity index (χ4n) is 6.32. The molecule has 3 aromatic rings. The molecule has 1 spiro atoms. The highest BCUT2D eigenvalue weighted by Crippen LogP contribution is 2.50. The second kappa shape index (κ2) is 11.9. The first-order valence-electron chi connectivity index (χ1n) is 14.5. The molecule has 2 aromatic carbocycles. The molecular formula is C31H37ClFN7O2. The lowest BCUT2D eigenvalue weighted by atomic mass is 9.69. The normalized spacial score (nSPS) is 21.5. The summed E-state index contributed by atoms with van der Waals surface area (Å²) in [4.78, 5) is 34.1. The minimum absolute atomic E-state index is 0.153. The van der Waals surface area contributed by atoms with E-state index in [9.17, 15) is 14.0 Å². The van der Waals surface area contributed by atoms with Gasteiger partial charge in [-0.15, -0.1) is 10.2 Å².